The lowest BCUT2D eigenvalue weighted by Gasteiger charge is -2.18. The van der Waals surface area contributed by atoms with Gasteiger partial charge in [-0.15, -0.1) is 0 Å². The van der Waals surface area contributed by atoms with Crippen LogP contribution in [0.4, 0.5) is 26.3 Å². The van der Waals surface area contributed by atoms with Gasteiger partial charge >= 0.3 is 12.4 Å². The smallest absolute Gasteiger partial charge is 0.166 e. The Morgan fingerprint density at radius 1 is 0.586 bits per heavy atom. The number of alkyl halides is 6. The number of hydrogen-bond acceptors (Lipinski definition) is 0. The summed E-state index contributed by atoms with van der Waals surface area (Å²) in [7, 11) is 0. The first-order valence-electron chi connectivity index (χ1n) is 8.45. The summed E-state index contributed by atoms with van der Waals surface area (Å²) in [4.78, 5) is 0. The highest BCUT2D eigenvalue weighted by Gasteiger charge is 2.37. The molecule has 0 amide bonds. The van der Waals surface area contributed by atoms with Crippen molar-refractivity contribution in [3.05, 3.63) is 82.9 Å². The van der Waals surface area contributed by atoms with Gasteiger partial charge in [0.05, 0.1) is 11.1 Å². The molecule has 0 aliphatic carbocycles. The van der Waals surface area contributed by atoms with Gasteiger partial charge in [-0.2, -0.15) is 26.3 Å². The molecule has 0 aliphatic rings. The third kappa shape index (κ3) is 3.53. The molecule has 148 valence electrons. The molecule has 0 aliphatic heterocycles. The molecule has 0 nitrogen and oxygen atoms in total. The van der Waals surface area contributed by atoms with E-state index in [-0.39, 0.29) is 16.0 Å². The highest BCUT2D eigenvalue weighted by Crippen LogP contribution is 2.45. The molecule has 0 spiro atoms. The van der Waals surface area contributed by atoms with Crippen LogP contribution in [0.15, 0.2) is 66.7 Å². The highest BCUT2D eigenvalue weighted by atomic mass is 35.5. The van der Waals surface area contributed by atoms with Crippen LogP contribution < -0.4 is 0 Å². The first-order valence-corrected chi connectivity index (χ1v) is 8.83. The minimum Gasteiger partial charge on any atom is -0.166 e. The van der Waals surface area contributed by atoms with Crippen LogP contribution in [-0.2, 0) is 12.4 Å². The van der Waals surface area contributed by atoms with Crippen LogP contribution in [0.1, 0.15) is 11.1 Å². The van der Waals surface area contributed by atoms with Gasteiger partial charge in [0.1, 0.15) is 0 Å². The summed E-state index contributed by atoms with van der Waals surface area (Å²) >= 11 is 6.01. The topological polar surface area (TPSA) is 0 Å². The van der Waals surface area contributed by atoms with Crippen molar-refractivity contribution in [2.24, 2.45) is 0 Å². The van der Waals surface area contributed by atoms with Gasteiger partial charge in [0.25, 0.3) is 0 Å². The van der Waals surface area contributed by atoms with Crippen molar-refractivity contribution >= 4 is 33.1 Å². The van der Waals surface area contributed by atoms with Gasteiger partial charge in [-0.3, -0.25) is 0 Å². The lowest BCUT2D eigenvalue weighted by atomic mass is 9.91. The van der Waals surface area contributed by atoms with E-state index in [2.05, 4.69) is 0 Å². The standard InChI is InChI=1S/C22H11ClF6/c23-19-8-6-15(21(24,25)26)11-18(19)16-7-5-14-9-12-3-1-2-4-13(12)10-17(14)20(16)22(27,28)29/h1-11H. The Kier molecular flexibility index (Phi) is 4.50. The second-order valence-electron chi connectivity index (χ2n) is 6.60. The summed E-state index contributed by atoms with van der Waals surface area (Å²) in [5, 5.41) is 1.41. The van der Waals surface area contributed by atoms with Crippen molar-refractivity contribution in [3.8, 4) is 11.1 Å². The Morgan fingerprint density at radius 3 is 1.86 bits per heavy atom. The molecule has 0 bridgehead atoms. The lowest BCUT2D eigenvalue weighted by Crippen LogP contribution is -2.09. The molecular weight excluding hydrogens is 414 g/mol. The zero-order chi connectivity index (χ0) is 21.0. The summed E-state index contributed by atoms with van der Waals surface area (Å²) in [6.45, 7) is 0. The van der Waals surface area contributed by atoms with E-state index in [4.69, 9.17) is 11.6 Å². The van der Waals surface area contributed by atoms with Gasteiger partial charge in [0.15, 0.2) is 0 Å². The van der Waals surface area contributed by atoms with Gasteiger partial charge in [-0.25, -0.2) is 0 Å². The third-order valence-corrected chi connectivity index (χ3v) is 5.08. The molecule has 4 aromatic carbocycles. The molecule has 4 rings (SSSR count). The maximum Gasteiger partial charge on any atom is 0.417 e. The van der Waals surface area contributed by atoms with Gasteiger partial charge in [-0.05, 0) is 57.4 Å². The Hall–Kier alpha value is -2.73. The van der Waals surface area contributed by atoms with Crippen molar-refractivity contribution in [3.63, 3.8) is 0 Å². The molecule has 0 N–H and O–H groups in total. The highest BCUT2D eigenvalue weighted by molar-refractivity contribution is 6.33. The second-order valence-corrected chi connectivity index (χ2v) is 7.01. The molecule has 0 saturated heterocycles. The fourth-order valence-electron chi connectivity index (χ4n) is 3.45. The van der Waals surface area contributed by atoms with E-state index in [1.54, 1.807) is 30.3 Å². The van der Waals surface area contributed by atoms with Crippen molar-refractivity contribution in [2.45, 2.75) is 12.4 Å². The predicted octanol–water partition coefficient (Wildman–Crippen LogP) is 8.35. The Labute approximate surface area is 166 Å². The van der Waals surface area contributed by atoms with Crippen LogP contribution in [0.3, 0.4) is 0 Å². The molecule has 0 fully saturated rings. The van der Waals surface area contributed by atoms with Crippen LogP contribution in [-0.4, -0.2) is 0 Å². The van der Waals surface area contributed by atoms with Crippen molar-refractivity contribution < 1.29 is 26.3 Å². The van der Waals surface area contributed by atoms with E-state index < -0.39 is 29.0 Å². The fraction of sp³-hybridized carbons (Fsp3) is 0.0909. The SMILES string of the molecule is FC(F)(F)c1ccc(Cl)c(-c2ccc3cc4ccccc4cc3c2C(F)(F)F)c1. The lowest BCUT2D eigenvalue weighted by molar-refractivity contribution is -0.137. The quantitative estimate of drug-likeness (QED) is 0.213. The molecule has 0 heterocycles. The zero-order valence-corrected chi connectivity index (χ0v) is 15.3. The second kappa shape index (κ2) is 6.66. The number of rotatable bonds is 1. The summed E-state index contributed by atoms with van der Waals surface area (Å²) in [5.74, 6) is 0. The average Bonchev–Trinajstić information content (AvgIpc) is 2.64. The maximum absolute atomic E-state index is 14.1. The van der Waals surface area contributed by atoms with Gasteiger partial charge in [0, 0.05) is 10.6 Å². The molecule has 29 heavy (non-hydrogen) atoms. The van der Waals surface area contributed by atoms with Gasteiger partial charge < -0.3 is 0 Å². The maximum atomic E-state index is 14.1. The minimum atomic E-state index is -4.80. The average molecular weight is 425 g/mol. The van der Waals surface area contributed by atoms with Crippen LogP contribution >= 0.6 is 11.6 Å². The summed E-state index contributed by atoms with van der Waals surface area (Å²) in [6, 6.07) is 14.9. The van der Waals surface area contributed by atoms with E-state index in [0.717, 1.165) is 17.5 Å². The molecular formula is C22H11ClF6. The molecule has 0 radical (unpaired) electrons. The van der Waals surface area contributed by atoms with Crippen LogP contribution in [0.2, 0.25) is 5.02 Å². The Balaban J connectivity index is 2.09. The normalized spacial score (nSPS) is 12.7. The Bertz CT molecular complexity index is 1240. The number of fused-ring (bicyclic) bond motifs is 2. The molecule has 0 aromatic heterocycles. The number of halogens is 7. The summed E-state index contributed by atoms with van der Waals surface area (Å²) in [5.41, 5.74) is -2.79. The first-order chi connectivity index (χ1) is 13.6. The van der Waals surface area contributed by atoms with Crippen molar-refractivity contribution in [1.29, 1.82) is 0 Å². The fourth-order valence-corrected chi connectivity index (χ4v) is 3.67. The van der Waals surface area contributed by atoms with Gasteiger partial charge in [0.2, 0.25) is 0 Å². The van der Waals surface area contributed by atoms with E-state index >= 15 is 0 Å². The largest absolute Gasteiger partial charge is 0.417 e. The van der Waals surface area contributed by atoms with E-state index in [0.29, 0.717) is 16.8 Å². The number of benzene rings is 4. The van der Waals surface area contributed by atoms with Crippen LogP contribution in [0.25, 0.3) is 32.7 Å². The Morgan fingerprint density at radius 2 is 1.24 bits per heavy atom. The van der Waals surface area contributed by atoms with E-state index in [9.17, 15) is 26.3 Å². The van der Waals surface area contributed by atoms with E-state index in [1.165, 1.54) is 18.2 Å². The molecule has 7 heteroatoms. The monoisotopic (exact) mass is 424 g/mol. The summed E-state index contributed by atoms with van der Waals surface area (Å²) in [6.07, 6.45) is -9.50. The minimum absolute atomic E-state index is 0.0952. The third-order valence-electron chi connectivity index (χ3n) is 4.75. The van der Waals surface area contributed by atoms with Crippen molar-refractivity contribution in [1.82, 2.24) is 0 Å². The van der Waals surface area contributed by atoms with Crippen molar-refractivity contribution in [2.75, 3.05) is 0 Å². The molecule has 0 saturated carbocycles. The predicted molar refractivity (Wildman–Crippen MR) is 102 cm³/mol. The van der Waals surface area contributed by atoms with Crippen LogP contribution in [0, 0.1) is 0 Å². The number of hydrogen-bond donors (Lipinski definition) is 0. The molecule has 0 unspecified atom stereocenters. The first kappa shape index (κ1) is 19.6. The molecule has 0 atom stereocenters. The van der Waals surface area contributed by atoms with Crippen LogP contribution in [0.5, 0.6) is 0 Å². The van der Waals surface area contributed by atoms with E-state index in [1.807, 2.05) is 0 Å². The summed E-state index contributed by atoms with van der Waals surface area (Å²) < 4.78 is 81.5. The van der Waals surface area contributed by atoms with Gasteiger partial charge in [-0.1, -0.05) is 48.0 Å². The zero-order valence-electron chi connectivity index (χ0n) is 14.5. The molecule has 4 aromatic rings.